The van der Waals surface area contributed by atoms with Gasteiger partial charge in [0.15, 0.2) is 6.29 Å². The van der Waals surface area contributed by atoms with Crippen LogP contribution in [-0.2, 0) is 9.47 Å². The Bertz CT molecular complexity index is 281. The van der Waals surface area contributed by atoms with Crippen molar-refractivity contribution in [3.63, 3.8) is 0 Å². The maximum absolute atomic E-state index is 5.01. The first-order valence-corrected chi connectivity index (χ1v) is 4.82. The predicted octanol–water partition coefficient (Wildman–Crippen LogP) is 1.27. The summed E-state index contributed by atoms with van der Waals surface area (Å²) in [6, 6.07) is 1.78. The molecule has 0 aliphatic carbocycles. The average molecular weight is 262 g/mol. The fourth-order valence-electron chi connectivity index (χ4n) is 0.881. The molecule has 0 aromatic carbocycles. The number of anilines is 1. The van der Waals surface area contributed by atoms with Crippen LogP contribution in [0.2, 0.25) is 0 Å². The van der Waals surface area contributed by atoms with E-state index in [4.69, 9.17) is 9.47 Å². The highest BCUT2D eigenvalue weighted by molar-refractivity contribution is 9.10. The summed E-state index contributed by atoms with van der Waals surface area (Å²) in [6.45, 7) is 0.538. The van der Waals surface area contributed by atoms with Crippen molar-refractivity contribution >= 4 is 21.7 Å². The van der Waals surface area contributed by atoms with Gasteiger partial charge in [-0.05, 0) is 15.9 Å². The molecule has 0 saturated carbocycles. The Hall–Kier alpha value is -0.720. The predicted molar refractivity (Wildman–Crippen MR) is 56.0 cm³/mol. The Balaban J connectivity index is 2.44. The van der Waals surface area contributed by atoms with Gasteiger partial charge in [-0.2, -0.15) is 0 Å². The summed E-state index contributed by atoms with van der Waals surface area (Å²) in [6.07, 6.45) is 1.20. The number of nitrogens with one attached hydrogen (secondary N) is 1. The summed E-state index contributed by atoms with van der Waals surface area (Å²) < 4.78 is 10.8. The quantitative estimate of drug-likeness (QED) is 0.639. The molecule has 1 aromatic heterocycles. The van der Waals surface area contributed by atoms with Crippen molar-refractivity contribution in [1.29, 1.82) is 0 Å². The zero-order valence-corrected chi connectivity index (χ0v) is 9.61. The molecule has 1 heterocycles. The van der Waals surface area contributed by atoms with Crippen LogP contribution >= 0.6 is 15.9 Å². The van der Waals surface area contributed by atoms with Gasteiger partial charge in [0.1, 0.15) is 16.7 Å². The maximum atomic E-state index is 5.01. The van der Waals surface area contributed by atoms with Crippen LogP contribution in [-0.4, -0.2) is 37.0 Å². The van der Waals surface area contributed by atoms with Crippen molar-refractivity contribution in [3.05, 3.63) is 17.0 Å². The van der Waals surface area contributed by atoms with Crippen LogP contribution in [0.15, 0.2) is 17.0 Å². The molecule has 14 heavy (non-hydrogen) atoms. The third kappa shape index (κ3) is 3.57. The van der Waals surface area contributed by atoms with Gasteiger partial charge < -0.3 is 14.8 Å². The van der Waals surface area contributed by atoms with E-state index in [0.717, 1.165) is 10.4 Å². The third-order valence-electron chi connectivity index (χ3n) is 1.61. The molecule has 78 valence electrons. The number of aromatic nitrogens is 2. The van der Waals surface area contributed by atoms with Crippen molar-refractivity contribution in [2.75, 3.05) is 26.1 Å². The number of methoxy groups -OCH3 is 2. The third-order valence-corrected chi connectivity index (χ3v) is 2.04. The van der Waals surface area contributed by atoms with E-state index in [1.165, 1.54) is 6.33 Å². The number of hydrogen-bond donors (Lipinski definition) is 1. The highest BCUT2D eigenvalue weighted by atomic mass is 79.9. The lowest BCUT2D eigenvalue weighted by atomic mass is 10.5. The molecule has 0 fully saturated rings. The molecule has 0 radical (unpaired) electrons. The largest absolute Gasteiger partial charge is 0.365 e. The molecule has 0 amide bonds. The second kappa shape index (κ2) is 5.90. The average Bonchev–Trinajstić information content (AvgIpc) is 2.19. The number of hydrogen-bond acceptors (Lipinski definition) is 5. The fraction of sp³-hybridized carbons (Fsp3) is 0.500. The van der Waals surface area contributed by atoms with Crippen molar-refractivity contribution in [2.45, 2.75) is 6.29 Å². The fourth-order valence-corrected chi connectivity index (χ4v) is 1.19. The van der Waals surface area contributed by atoms with Gasteiger partial charge in [0, 0.05) is 20.3 Å². The Morgan fingerprint density at radius 1 is 1.43 bits per heavy atom. The molecule has 6 heteroatoms. The smallest absolute Gasteiger partial charge is 0.173 e. The lowest BCUT2D eigenvalue weighted by molar-refractivity contribution is -0.0914. The first-order chi connectivity index (χ1) is 6.76. The summed E-state index contributed by atoms with van der Waals surface area (Å²) in [5.41, 5.74) is 0. The number of halogens is 1. The van der Waals surface area contributed by atoms with Crippen LogP contribution < -0.4 is 5.32 Å². The van der Waals surface area contributed by atoms with Gasteiger partial charge in [-0.25, -0.2) is 9.97 Å². The second-order valence-corrected chi connectivity index (χ2v) is 3.32. The SMILES string of the molecule is COC(CNc1cc(Br)ncn1)OC. The highest BCUT2D eigenvalue weighted by Gasteiger charge is 2.04. The molecule has 1 rings (SSSR count). The Morgan fingerprint density at radius 3 is 2.71 bits per heavy atom. The molecule has 0 aliphatic rings. The van der Waals surface area contributed by atoms with Gasteiger partial charge in [-0.15, -0.1) is 0 Å². The Labute approximate surface area is 91.0 Å². The van der Waals surface area contributed by atoms with Crippen molar-refractivity contribution in [3.8, 4) is 0 Å². The summed E-state index contributed by atoms with van der Waals surface area (Å²) in [5.74, 6) is 0.728. The van der Waals surface area contributed by atoms with E-state index in [1.54, 1.807) is 20.3 Å². The van der Waals surface area contributed by atoms with Crippen molar-refractivity contribution in [1.82, 2.24) is 9.97 Å². The van der Waals surface area contributed by atoms with Gasteiger partial charge in [-0.1, -0.05) is 0 Å². The molecule has 1 N–H and O–H groups in total. The van der Waals surface area contributed by atoms with Crippen LogP contribution in [0.1, 0.15) is 0 Å². The lowest BCUT2D eigenvalue weighted by Crippen LogP contribution is -2.23. The van der Waals surface area contributed by atoms with Gasteiger partial charge in [-0.3, -0.25) is 0 Å². The standard InChI is InChI=1S/C8H12BrN3O2/c1-13-8(14-2)4-10-7-3-6(9)11-5-12-7/h3,5,8H,4H2,1-2H3,(H,10,11,12). The summed E-state index contributed by atoms with van der Waals surface area (Å²) in [5, 5.41) is 3.06. The van der Waals surface area contributed by atoms with Crippen LogP contribution in [0.5, 0.6) is 0 Å². The van der Waals surface area contributed by atoms with Crippen LogP contribution in [0.25, 0.3) is 0 Å². The van der Waals surface area contributed by atoms with Crippen LogP contribution in [0, 0.1) is 0 Å². The van der Waals surface area contributed by atoms with E-state index in [-0.39, 0.29) is 6.29 Å². The Morgan fingerprint density at radius 2 is 2.14 bits per heavy atom. The monoisotopic (exact) mass is 261 g/mol. The van der Waals surface area contributed by atoms with Crippen molar-refractivity contribution in [2.24, 2.45) is 0 Å². The molecule has 0 unspecified atom stereocenters. The minimum absolute atomic E-state index is 0.274. The molecule has 0 atom stereocenters. The van der Waals surface area contributed by atoms with E-state index >= 15 is 0 Å². The normalized spacial score (nSPS) is 10.6. The van der Waals surface area contributed by atoms with Crippen molar-refractivity contribution < 1.29 is 9.47 Å². The van der Waals surface area contributed by atoms with E-state index < -0.39 is 0 Å². The topological polar surface area (TPSA) is 56.3 Å². The van der Waals surface area contributed by atoms with E-state index in [0.29, 0.717) is 6.54 Å². The number of ether oxygens (including phenoxy) is 2. The molecular formula is C8H12BrN3O2. The molecule has 0 bridgehead atoms. The highest BCUT2D eigenvalue weighted by Crippen LogP contribution is 2.09. The summed E-state index contributed by atoms with van der Waals surface area (Å²) in [4.78, 5) is 7.93. The molecular weight excluding hydrogens is 250 g/mol. The Kier molecular flexibility index (Phi) is 4.78. The lowest BCUT2D eigenvalue weighted by Gasteiger charge is -2.14. The molecule has 1 aromatic rings. The van der Waals surface area contributed by atoms with E-state index in [9.17, 15) is 0 Å². The first-order valence-electron chi connectivity index (χ1n) is 4.03. The molecule has 5 nitrogen and oxygen atoms in total. The zero-order valence-electron chi connectivity index (χ0n) is 8.03. The second-order valence-electron chi connectivity index (χ2n) is 2.51. The van der Waals surface area contributed by atoms with Gasteiger partial charge >= 0.3 is 0 Å². The van der Waals surface area contributed by atoms with Gasteiger partial charge in [0.05, 0.1) is 6.54 Å². The maximum Gasteiger partial charge on any atom is 0.173 e. The first kappa shape index (κ1) is 11.4. The molecule has 0 aliphatic heterocycles. The summed E-state index contributed by atoms with van der Waals surface area (Å²) in [7, 11) is 3.18. The van der Waals surface area contributed by atoms with E-state index in [2.05, 4.69) is 31.2 Å². The van der Waals surface area contributed by atoms with Gasteiger partial charge in [0.25, 0.3) is 0 Å². The van der Waals surface area contributed by atoms with Crippen LogP contribution in [0.4, 0.5) is 5.82 Å². The number of rotatable bonds is 5. The van der Waals surface area contributed by atoms with Crippen LogP contribution in [0.3, 0.4) is 0 Å². The van der Waals surface area contributed by atoms with E-state index in [1.807, 2.05) is 0 Å². The number of nitrogens with zero attached hydrogens (tertiary/aromatic N) is 2. The minimum Gasteiger partial charge on any atom is -0.365 e. The zero-order chi connectivity index (χ0) is 10.4. The molecule has 0 spiro atoms. The molecule has 0 saturated heterocycles. The summed E-state index contributed by atoms with van der Waals surface area (Å²) >= 11 is 3.25. The minimum atomic E-state index is -0.274. The van der Waals surface area contributed by atoms with Gasteiger partial charge in [0.2, 0.25) is 0 Å².